The maximum Gasteiger partial charge on any atom is 0.126 e. The first-order valence-electron chi connectivity index (χ1n) is 7.26. The third-order valence-corrected chi connectivity index (χ3v) is 3.88. The molecule has 4 heteroatoms. The maximum atomic E-state index is 4.67. The summed E-state index contributed by atoms with van der Waals surface area (Å²) in [5.41, 5.74) is 5.81. The van der Waals surface area contributed by atoms with E-state index in [0.717, 1.165) is 35.7 Å². The zero-order valence-electron chi connectivity index (χ0n) is 12.7. The van der Waals surface area contributed by atoms with E-state index in [2.05, 4.69) is 58.6 Å². The van der Waals surface area contributed by atoms with E-state index in [1.54, 1.807) is 0 Å². The first kappa shape index (κ1) is 13.6. The Kier molecular flexibility index (Phi) is 3.60. The van der Waals surface area contributed by atoms with Crippen molar-refractivity contribution in [1.82, 2.24) is 15.2 Å². The highest BCUT2D eigenvalue weighted by molar-refractivity contribution is 5.83. The lowest BCUT2D eigenvalue weighted by atomic mass is 10.1. The van der Waals surface area contributed by atoms with E-state index in [1.165, 1.54) is 16.5 Å². The molecule has 0 aliphatic heterocycles. The summed E-state index contributed by atoms with van der Waals surface area (Å²) >= 11 is 0. The average molecular weight is 280 g/mol. The number of aromatic amines is 1. The van der Waals surface area contributed by atoms with Gasteiger partial charge in [-0.05, 0) is 50.5 Å². The van der Waals surface area contributed by atoms with E-state index in [0.29, 0.717) is 0 Å². The summed E-state index contributed by atoms with van der Waals surface area (Å²) in [6.45, 7) is 7.08. The van der Waals surface area contributed by atoms with Crippen molar-refractivity contribution in [3.05, 3.63) is 52.8 Å². The molecule has 21 heavy (non-hydrogen) atoms. The SMILES string of the molecule is Cc1n[nH]c(C)c1CCNc1cc(C)c2ccccc2n1. The van der Waals surface area contributed by atoms with E-state index in [9.17, 15) is 0 Å². The molecule has 0 fully saturated rings. The minimum atomic E-state index is 0.853. The molecule has 0 aliphatic carbocycles. The second kappa shape index (κ2) is 5.56. The molecule has 4 nitrogen and oxygen atoms in total. The Morgan fingerprint density at radius 2 is 1.95 bits per heavy atom. The van der Waals surface area contributed by atoms with Crippen molar-refractivity contribution in [1.29, 1.82) is 0 Å². The van der Waals surface area contributed by atoms with Crippen molar-refractivity contribution in [2.75, 3.05) is 11.9 Å². The Labute approximate surface area is 124 Å². The minimum absolute atomic E-state index is 0.853. The van der Waals surface area contributed by atoms with Crippen LogP contribution in [0.15, 0.2) is 30.3 Å². The molecule has 0 atom stereocenters. The van der Waals surface area contributed by atoms with Crippen LogP contribution in [0.2, 0.25) is 0 Å². The number of hydrogen-bond acceptors (Lipinski definition) is 3. The van der Waals surface area contributed by atoms with Crippen molar-refractivity contribution < 1.29 is 0 Å². The van der Waals surface area contributed by atoms with E-state index in [1.807, 2.05) is 13.0 Å². The molecule has 1 aromatic carbocycles. The fraction of sp³-hybridized carbons (Fsp3) is 0.294. The highest BCUT2D eigenvalue weighted by atomic mass is 15.1. The van der Waals surface area contributed by atoms with Crippen molar-refractivity contribution in [3.63, 3.8) is 0 Å². The Morgan fingerprint density at radius 3 is 2.71 bits per heavy atom. The maximum absolute atomic E-state index is 4.67. The normalized spacial score (nSPS) is 11.0. The van der Waals surface area contributed by atoms with Gasteiger partial charge >= 0.3 is 0 Å². The van der Waals surface area contributed by atoms with E-state index < -0.39 is 0 Å². The van der Waals surface area contributed by atoms with Crippen LogP contribution < -0.4 is 5.32 Å². The number of nitrogens with zero attached hydrogens (tertiary/aromatic N) is 2. The quantitative estimate of drug-likeness (QED) is 0.768. The molecule has 0 saturated carbocycles. The largest absolute Gasteiger partial charge is 0.370 e. The smallest absolute Gasteiger partial charge is 0.126 e. The number of pyridine rings is 1. The molecule has 0 saturated heterocycles. The summed E-state index contributed by atoms with van der Waals surface area (Å²) in [6, 6.07) is 10.3. The topological polar surface area (TPSA) is 53.6 Å². The summed E-state index contributed by atoms with van der Waals surface area (Å²) in [4.78, 5) is 4.67. The fourth-order valence-corrected chi connectivity index (χ4v) is 2.70. The van der Waals surface area contributed by atoms with Gasteiger partial charge in [0.05, 0.1) is 11.2 Å². The summed E-state index contributed by atoms with van der Waals surface area (Å²) in [5.74, 6) is 0.935. The lowest BCUT2D eigenvalue weighted by Gasteiger charge is -2.09. The van der Waals surface area contributed by atoms with Crippen molar-refractivity contribution in [3.8, 4) is 0 Å². The van der Waals surface area contributed by atoms with Gasteiger partial charge < -0.3 is 5.32 Å². The number of H-pyrrole nitrogens is 1. The van der Waals surface area contributed by atoms with Gasteiger partial charge in [-0.2, -0.15) is 5.10 Å². The standard InChI is InChI=1S/C17H20N4/c1-11-10-17(19-16-7-5-4-6-14(11)16)18-9-8-15-12(2)20-21-13(15)3/h4-7,10H,8-9H2,1-3H3,(H,18,19)(H,20,21). The van der Waals surface area contributed by atoms with E-state index in [4.69, 9.17) is 0 Å². The molecule has 0 spiro atoms. The minimum Gasteiger partial charge on any atom is -0.370 e. The number of rotatable bonds is 4. The fourth-order valence-electron chi connectivity index (χ4n) is 2.70. The van der Waals surface area contributed by atoms with Crippen LogP contribution in [0.3, 0.4) is 0 Å². The number of nitrogens with one attached hydrogen (secondary N) is 2. The predicted molar refractivity (Wildman–Crippen MR) is 86.7 cm³/mol. The molecular formula is C17H20N4. The predicted octanol–water partition coefficient (Wildman–Crippen LogP) is 3.54. The molecule has 108 valence electrons. The number of anilines is 1. The zero-order chi connectivity index (χ0) is 14.8. The van der Waals surface area contributed by atoms with Gasteiger partial charge in [0.1, 0.15) is 5.82 Å². The van der Waals surface area contributed by atoms with Crippen LogP contribution in [0.5, 0.6) is 0 Å². The molecule has 0 amide bonds. The molecule has 2 heterocycles. The summed E-state index contributed by atoms with van der Waals surface area (Å²) in [7, 11) is 0. The Balaban J connectivity index is 1.74. The van der Waals surface area contributed by atoms with Crippen LogP contribution in [0.1, 0.15) is 22.5 Å². The van der Waals surface area contributed by atoms with E-state index in [-0.39, 0.29) is 0 Å². The van der Waals surface area contributed by atoms with Crippen LogP contribution in [-0.2, 0) is 6.42 Å². The first-order chi connectivity index (χ1) is 10.1. The van der Waals surface area contributed by atoms with Gasteiger partial charge in [0, 0.05) is 17.6 Å². The number of aryl methyl sites for hydroxylation is 3. The average Bonchev–Trinajstić information content (AvgIpc) is 2.79. The van der Waals surface area contributed by atoms with Crippen LogP contribution in [0.4, 0.5) is 5.82 Å². The first-order valence-corrected chi connectivity index (χ1v) is 7.26. The number of para-hydroxylation sites is 1. The summed E-state index contributed by atoms with van der Waals surface area (Å²) in [5, 5.41) is 11.9. The Bertz CT molecular complexity index is 754. The van der Waals surface area contributed by atoms with Crippen LogP contribution in [0.25, 0.3) is 10.9 Å². The van der Waals surface area contributed by atoms with Crippen molar-refractivity contribution >= 4 is 16.7 Å². The second-order valence-corrected chi connectivity index (χ2v) is 5.43. The lowest BCUT2D eigenvalue weighted by Crippen LogP contribution is -2.07. The highest BCUT2D eigenvalue weighted by Gasteiger charge is 2.06. The zero-order valence-corrected chi connectivity index (χ0v) is 12.7. The van der Waals surface area contributed by atoms with Crippen LogP contribution in [-0.4, -0.2) is 21.7 Å². The molecule has 3 rings (SSSR count). The van der Waals surface area contributed by atoms with Gasteiger partial charge in [0.25, 0.3) is 0 Å². The van der Waals surface area contributed by atoms with Crippen molar-refractivity contribution in [2.24, 2.45) is 0 Å². The molecule has 3 aromatic rings. The van der Waals surface area contributed by atoms with Crippen LogP contribution in [0, 0.1) is 20.8 Å². The van der Waals surface area contributed by atoms with Gasteiger partial charge in [0.15, 0.2) is 0 Å². The Morgan fingerprint density at radius 1 is 1.14 bits per heavy atom. The second-order valence-electron chi connectivity index (χ2n) is 5.43. The van der Waals surface area contributed by atoms with Crippen LogP contribution >= 0.6 is 0 Å². The monoisotopic (exact) mass is 280 g/mol. The number of benzene rings is 1. The molecule has 2 aromatic heterocycles. The van der Waals surface area contributed by atoms with E-state index >= 15 is 0 Å². The molecule has 0 bridgehead atoms. The van der Waals surface area contributed by atoms with Gasteiger partial charge in [0.2, 0.25) is 0 Å². The summed E-state index contributed by atoms with van der Waals surface area (Å²) in [6.07, 6.45) is 0.946. The third kappa shape index (κ3) is 2.75. The molecular weight excluding hydrogens is 260 g/mol. The van der Waals surface area contributed by atoms with Crippen molar-refractivity contribution in [2.45, 2.75) is 27.2 Å². The molecule has 0 radical (unpaired) electrons. The number of hydrogen-bond donors (Lipinski definition) is 2. The van der Waals surface area contributed by atoms with Gasteiger partial charge in [-0.25, -0.2) is 4.98 Å². The van der Waals surface area contributed by atoms with Gasteiger partial charge in [-0.15, -0.1) is 0 Å². The highest BCUT2D eigenvalue weighted by Crippen LogP contribution is 2.20. The van der Waals surface area contributed by atoms with Gasteiger partial charge in [-0.1, -0.05) is 18.2 Å². The summed E-state index contributed by atoms with van der Waals surface area (Å²) < 4.78 is 0. The molecule has 2 N–H and O–H groups in total. The molecule has 0 aliphatic rings. The number of fused-ring (bicyclic) bond motifs is 1. The molecule has 0 unspecified atom stereocenters. The third-order valence-electron chi connectivity index (χ3n) is 3.88. The number of aromatic nitrogens is 3. The van der Waals surface area contributed by atoms with Gasteiger partial charge in [-0.3, -0.25) is 5.10 Å². The lowest BCUT2D eigenvalue weighted by molar-refractivity contribution is 0.985. The Hall–Kier alpha value is -2.36.